The van der Waals surface area contributed by atoms with Gasteiger partial charge in [0.1, 0.15) is 5.75 Å². The number of benzene rings is 1. The first-order chi connectivity index (χ1) is 11.8. The molecule has 1 aromatic carbocycles. The van der Waals surface area contributed by atoms with Gasteiger partial charge in [-0.2, -0.15) is 5.10 Å². The Hall–Kier alpha value is -2.93. The molecule has 3 aromatic rings. The number of carbonyl (C=O) groups is 1. The summed E-state index contributed by atoms with van der Waals surface area (Å²) in [4.78, 5) is 18.7. The van der Waals surface area contributed by atoms with Crippen LogP contribution in [0.5, 0.6) is 5.75 Å². The highest BCUT2D eigenvalue weighted by atomic mass is 16.5. The van der Waals surface area contributed by atoms with Crippen LogP contribution in [0, 0.1) is 0 Å². The number of anilines is 1. The molecule has 0 radical (unpaired) electrons. The maximum atomic E-state index is 12.2. The Morgan fingerprint density at radius 3 is 2.71 bits per heavy atom. The van der Waals surface area contributed by atoms with E-state index in [-0.39, 0.29) is 5.69 Å². The lowest BCUT2D eigenvalue weighted by atomic mass is 10.2. The number of esters is 1. The third-order valence-corrected chi connectivity index (χ3v) is 3.93. The van der Waals surface area contributed by atoms with Crippen molar-refractivity contribution in [2.24, 2.45) is 0 Å². The first-order valence-corrected chi connectivity index (χ1v) is 7.75. The number of H-pyrrole nitrogens is 1. The maximum Gasteiger partial charge on any atom is 0.362 e. The van der Waals surface area contributed by atoms with Crippen molar-refractivity contribution in [3.8, 4) is 5.75 Å². The summed E-state index contributed by atoms with van der Waals surface area (Å²) in [6.45, 7) is 3.21. The molecule has 0 atom stereocenters. The zero-order chi connectivity index (χ0) is 16.4. The fourth-order valence-corrected chi connectivity index (χ4v) is 2.65. The third kappa shape index (κ3) is 2.93. The molecular formula is C17H16N4O3. The van der Waals surface area contributed by atoms with Gasteiger partial charge in [0.05, 0.1) is 19.4 Å². The Morgan fingerprint density at radius 1 is 1.12 bits per heavy atom. The Labute approximate surface area is 138 Å². The molecule has 0 aliphatic carbocycles. The third-order valence-electron chi connectivity index (χ3n) is 3.93. The van der Waals surface area contributed by atoms with E-state index in [1.807, 2.05) is 12.1 Å². The lowest BCUT2D eigenvalue weighted by Gasteiger charge is -2.28. The normalized spacial score (nSPS) is 14.8. The number of hydrogen-bond donors (Lipinski definition) is 1. The van der Waals surface area contributed by atoms with Crippen molar-refractivity contribution in [1.82, 2.24) is 15.2 Å². The molecule has 1 aliphatic heterocycles. The number of pyridine rings is 1. The van der Waals surface area contributed by atoms with Crippen LogP contribution in [0.4, 0.5) is 5.69 Å². The molecule has 122 valence electrons. The van der Waals surface area contributed by atoms with Crippen LogP contribution in [0.3, 0.4) is 0 Å². The molecule has 7 nitrogen and oxygen atoms in total. The van der Waals surface area contributed by atoms with Crippen molar-refractivity contribution in [3.05, 3.63) is 48.3 Å². The number of ether oxygens (including phenoxy) is 2. The molecule has 2 aromatic heterocycles. The Balaban J connectivity index is 1.46. The zero-order valence-corrected chi connectivity index (χ0v) is 12.9. The van der Waals surface area contributed by atoms with E-state index in [0.717, 1.165) is 37.4 Å². The number of morpholine rings is 1. The highest BCUT2D eigenvalue weighted by Gasteiger charge is 2.14. The molecule has 1 saturated heterocycles. The molecule has 1 fully saturated rings. The van der Waals surface area contributed by atoms with Crippen molar-refractivity contribution in [2.75, 3.05) is 31.2 Å². The van der Waals surface area contributed by atoms with Gasteiger partial charge in [0, 0.05) is 24.2 Å². The number of nitrogens with zero attached hydrogens (tertiary/aromatic N) is 3. The molecule has 0 bridgehead atoms. The molecule has 24 heavy (non-hydrogen) atoms. The number of aromatic amines is 1. The van der Waals surface area contributed by atoms with Crippen LogP contribution < -0.4 is 9.64 Å². The van der Waals surface area contributed by atoms with E-state index in [9.17, 15) is 4.79 Å². The quantitative estimate of drug-likeness (QED) is 0.586. The number of aromatic nitrogens is 3. The average molecular weight is 324 g/mol. The van der Waals surface area contributed by atoms with Gasteiger partial charge in [0.15, 0.2) is 11.3 Å². The van der Waals surface area contributed by atoms with Gasteiger partial charge in [0.2, 0.25) is 0 Å². The molecule has 7 heteroatoms. The standard InChI is InChI=1S/C17H16N4O3/c22-17(15-6-1-12-11-18-20-16(12)19-15)24-14-4-2-13(3-5-14)21-7-9-23-10-8-21/h1-6,11H,7-10H2,(H,18,19,20). The zero-order valence-electron chi connectivity index (χ0n) is 12.9. The summed E-state index contributed by atoms with van der Waals surface area (Å²) in [7, 11) is 0. The Kier molecular flexibility index (Phi) is 3.84. The van der Waals surface area contributed by atoms with Crippen molar-refractivity contribution in [2.45, 2.75) is 0 Å². The number of carbonyl (C=O) groups excluding carboxylic acids is 1. The van der Waals surface area contributed by atoms with Crippen LogP contribution >= 0.6 is 0 Å². The second kappa shape index (κ2) is 6.29. The molecule has 0 saturated carbocycles. The van der Waals surface area contributed by atoms with Gasteiger partial charge in [-0.05, 0) is 36.4 Å². The molecule has 3 heterocycles. The van der Waals surface area contributed by atoms with E-state index < -0.39 is 5.97 Å². The molecule has 0 unspecified atom stereocenters. The van der Waals surface area contributed by atoms with Crippen LogP contribution in [0.15, 0.2) is 42.6 Å². The molecule has 1 N–H and O–H groups in total. The minimum atomic E-state index is -0.495. The Morgan fingerprint density at radius 2 is 1.92 bits per heavy atom. The maximum absolute atomic E-state index is 12.2. The molecule has 1 aliphatic rings. The smallest absolute Gasteiger partial charge is 0.362 e. The molecule has 4 rings (SSSR count). The Bertz CT molecular complexity index is 854. The van der Waals surface area contributed by atoms with E-state index in [0.29, 0.717) is 11.4 Å². The van der Waals surface area contributed by atoms with Gasteiger partial charge in [0.25, 0.3) is 0 Å². The van der Waals surface area contributed by atoms with E-state index in [4.69, 9.17) is 9.47 Å². The highest BCUT2D eigenvalue weighted by molar-refractivity contribution is 5.91. The van der Waals surface area contributed by atoms with E-state index in [2.05, 4.69) is 20.1 Å². The first-order valence-electron chi connectivity index (χ1n) is 7.75. The van der Waals surface area contributed by atoms with Gasteiger partial charge < -0.3 is 14.4 Å². The van der Waals surface area contributed by atoms with Crippen LogP contribution in [0.1, 0.15) is 10.5 Å². The van der Waals surface area contributed by atoms with Crippen molar-refractivity contribution >= 4 is 22.7 Å². The molecular weight excluding hydrogens is 308 g/mol. The lowest BCUT2D eigenvalue weighted by Crippen LogP contribution is -2.36. The second-order valence-corrected chi connectivity index (χ2v) is 5.49. The minimum Gasteiger partial charge on any atom is -0.422 e. The summed E-state index contributed by atoms with van der Waals surface area (Å²) in [5.74, 6) is -0.00543. The van der Waals surface area contributed by atoms with Crippen molar-refractivity contribution < 1.29 is 14.3 Å². The highest BCUT2D eigenvalue weighted by Crippen LogP contribution is 2.21. The summed E-state index contributed by atoms with van der Waals surface area (Å²) in [5.41, 5.74) is 1.89. The number of fused-ring (bicyclic) bond motifs is 1. The lowest BCUT2D eigenvalue weighted by molar-refractivity contribution is 0.0729. The predicted molar refractivity (Wildman–Crippen MR) is 88.3 cm³/mol. The summed E-state index contributed by atoms with van der Waals surface area (Å²) in [5, 5.41) is 7.47. The first kappa shape index (κ1) is 14.6. The monoisotopic (exact) mass is 324 g/mol. The predicted octanol–water partition coefficient (Wildman–Crippen LogP) is 2.01. The fourth-order valence-electron chi connectivity index (χ4n) is 2.65. The fraction of sp³-hybridized carbons (Fsp3) is 0.235. The van der Waals surface area contributed by atoms with Crippen LogP contribution in [-0.4, -0.2) is 47.5 Å². The van der Waals surface area contributed by atoms with Crippen molar-refractivity contribution in [1.29, 1.82) is 0 Å². The van der Waals surface area contributed by atoms with Crippen LogP contribution in [-0.2, 0) is 4.74 Å². The van der Waals surface area contributed by atoms with Crippen molar-refractivity contribution in [3.63, 3.8) is 0 Å². The topological polar surface area (TPSA) is 80.3 Å². The van der Waals surface area contributed by atoms with Crippen LogP contribution in [0.25, 0.3) is 11.0 Å². The summed E-state index contributed by atoms with van der Waals surface area (Å²) in [6.07, 6.45) is 1.65. The summed E-state index contributed by atoms with van der Waals surface area (Å²) in [6, 6.07) is 10.9. The summed E-state index contributed by atoms with van der Waals surface area (Å²) >= 11 is 0. The summed E-state index contributed by atoms with van der Waals surface area (Å²) < 4.78 is 10.7. The minimum absolute atomic E-state index is 0.240. The van der Waals surface area contributed by atoms with E-state index in [1.165, 1.54) is 0 Å². The van der Waals surface area contributed by atoms with E-state index in [1.54, 1.807) is 30.5 Å². The van der Waals surface area contributed by atoms with Gasteiger partial charge in [-0.25, -0.2) is 9.78 Å². The van der Waals surface area contributed by atoms with Gasteiger partial charge in [-0.1, -0.05) is 0 Å². The molecule has 0 spiro atoms. The van der Waals surface area contributed by atoms with Crippen LogP contribution in [0.2, 0.25) is 0 Å². The van der Waals surface area contributed by atoms with Gasteiger partial charge in [-0.3, -0.25) is 5.10 Å². The second-order valence-electron chi connectivity index (χ2n) is 5.49. The van der Waals surface area contributed by atoms with Gasteiger partial charge >= 0.3 is 5.97 Å². The largest absolute Gasteiger partial charge is 0.422 e. The number of rotatable bonds is 3. The SMILES string of the molecule is O=C(Oc1ccc(N2CCOCC2)cc1)c1ccc2cn[nH]c2n1. The average Bonchev–Trinajstić information content (AvgIpc) is 3.11. The number of nitrogens with one attached hydrogen (secondary N) is 1. The number of hydrogen-bond acceptors (Lipinski definition) is 6. The van der Waals surface area contributed by atoms with E-state index >= 15 is 0 Å². The molecule has 0 amide bonds. The van der Waals surface area contributed by atoms with Gasteiger partial charge in [-0.15, -0.1) is 0 Å².